The molecule has 1 heterocycles. The van der Waals surface area contributed by atoms with Crippen molar-refractivity contribution in [1.82, 2.24) is 4.98 Å². The third kappa shape index (κ3) is 3.42. The van der Waals surface area contributed by atoms with Crippen LogP contribution in [0.2, 0.25) is 0 Å². The maximum Gasteiger partial charge on any atom is 0.337 e. The highest BCUT2D eigenvalue weighted by atomic mass is 79.9. The smallest absolute Gasteiger partial charge is 0.337 e. The summed E-state index contributed by atoms with van der Waals surface area (Å²) in [5.41, 5.74) is 0.682. The molecule has 1 amide bonds. The van der Waals surface area contributed by atoms with Crippen LogP contribution in [0.3, 0.4) is 0 Å². The molecule has 0 bridgehead atoms. The van der Waals surface area contributed by atoms with Crippen LogP contribution in [0.25, 0.3) is 0 Å². The van der Waals surface area contributed by atoms with E-state index in [1.165, 1.54) is 13.2 Å². The molecule has 5 nitrogen and oxygen atoms in total. The van der Waals surface area contributed by atoms with E-state index in [-0.39, 0.29) is 5.91 Å². The van der Waals surface area contributed by atoms with Gasteiger partial charge in [-0.1, -0.05) is 6.07 Å². The monoisotopic (exact) mass is 334 g/mol. The number of amides is 1. The maximum atomic E-state index is 12.0. The number of rotatable bonds is 3. The quantitative estimate of drug-likeness (QED) is 0.876. The molecule has 2 rings (SSSR count). The molecular weight excluding hydrogens is 324 g/mol. The molecule has 2 aromatic rings. The second-order valence-electron chi connectivity index (χ2n) is 3.89. The zero-order valence-electron chi connectivity index (χ0n) is 10.6. The molecule has 0 radical (unpaired) electrons. The van der Waals surface area contributed by atoms with E-state index in [0.29, 0.717) is 16.9 Å². The summed E-state index contributed by atoms with van der Waals surface area (Å²) in [5.74, 6) is -0.395. The van der Waals surface area contributed by atoms with E-state index in [4.69, 9.17) is 0 Å². The number of methoxy groups -OCH3 is 1. The highest BCUT2D eigenvalue weighted by Gasteiger charge is 2.11. The molecule has 102 valence electrons. The van der Waals surface area contributed by atoms with Crippen molar-refractivity contribution in [2.45, 2.75) is 0 Å². The summed E-state index contributed by atoms with van der Waals surface area (Å²) in [7, 11) is 1.29. The molecule has 0 aliphatic carbocycles. The molecule has 6 heteroatoms. The van der Waals surface area contributed by atoms with Crippen molar-refractivity contribution in [3.8, 4) is 0 Å². The SMILES string of the molecule is COC(=O)c1cccc(C(=O)Nc2ccc(Br)cn2)c1. The van der Waals surface area contributed by atoms with Crippen molar-refractivity contribution in [1.29, 1.82) is 0 Å². The normalized spacial score (nSPS) is 9.90. The Balaban J connectivity index is 2.17. The molecule has 0 atom stereocenters. The van der Waals surface area contributed by atoms with E-state index in [2.05, 4.69) is 31.0 Å². The number of aromatic nitrogens is 1. The number of hydrogen-bond acceptors (Lipinski definition) is 4. The number of carbonyl (C=O) groups is 2. The number of ether oxygens (including phenoxy) is 1. The van der Waals surface area contributed by atoms with Crippen LogP contribution >= 0.6 is 15.9 Å². The molecule has 1 aromatic carbocycles. The molecule has 0 fully saturated rings. The molecule has 0 saturated heterocycles. The second kappa shape index (κ2) is 6.29. The molecule has 0 aliphatic rings. The Labute approximate surface area is 124 Å². The van der Waals surface area contributed by atoms with Gasteiger partial charge >= 0.3 is 5.97 Å². The average molecular weight is 335 g/mol. The van der Waals surface area contributed by atoms with Gasteiger partial charge in [-0.2, -0.15) is 0 Å². The minimum absolute atomic E-state index is 0.323. The summed E-state index contributed by atoms with van der Waals surface area (Å²) in [6.07, 6.45) is 1.58. The van der Waals surface area contributed by atoms with Crippen LogP contribution in [-0.4, -0.2) is 24.0 Å². The number of pyridine rings is 1. The van der Waals surface area contributed by atoms with Crippen molar-refractivity contribution >= 4 is 33.6 Å². The van der Waals surface area contributed by atoms with Crippen LogP contribution in [0.1, 0.15) is 20.7 Å². The standard InChI is InChI=1S/C14H11BrN2O3/c1-20-14(19)10-4-2-3-9(7-10)13(18)17-12-6-5-11(15)8-16-12/h2-8H,1H3,(H,16,17,18). The molecule has 0 aliphatic heterocycles. The van der Waals surface area contributed by atoms with E-state index < -0.39 is 5.97 Å². The topological polar surface area (TPSA) is 68.3 Å². The third-order valence-corrected chi connectivity index (χ3v) is 2.98. The number of halogens is 1. The lowest BCUT2D eigenvalue weighted by atomic mass is 10.1. The molecule has 0 spiro atoms. The number of esters is 1. The average Bonchev–Trinajstić information content (AvgIpc) is 2.49. The molecule has 0 unspecified atom stereocenters. The first kappa shape index (κ1) is 14.2. The van der Waals surface area contributed by atoms with Gasteiger partial charge in [0, 0.05) is 16.2 Å². The summed E-state index contributed by atoms with van der Waals surface area (Å²) < 4.78 is 5.44. The van der Waals surface area contributed by atoms with Gasteiger partial charge in [0.05, 0.1) is 12.7 Å². The van der Waals surface area contributed by atoms with E-state index >= 15 is 0 Å². The third-order valence-electron chi connectivity index (χ3n) is 2.51. The summed E-state index contributed by atoms with van der Waals surface area (Å²) >= 11 is 3.26. The lowest BCUT2D eigenvalue weighted by Gasteiger charge is -2.05. The minimum atomic E-state index is -0.485. The molecule has 0 saturated carbocycles. The fourth-order valence-electron chi connectivity index (χ4n) is 1.54. The van der Waals surface area contributed by atoms with Crippen LogP contribution in [0.15, 0.2) is 47.1 Å². The van der Waals surface area contributed by atoms with Gasteiger partial charge in [0.2, 0.25) is 0 Å². The van der Waals surface area contributed by atoms with Crippen LogP contribution in [-0.2, 0) is 4.74 Å². The van der Waals surface area contributed by atoms with Gasteiger partial charge in [0.1, 0.15) is 5.82 Å². The molecule has 20 heavy (non-hydrogen) atoms. The van der Waals surface area contributed by atoms with Crippen LogP contribution < -0.4 is 5.32 Å². The van der Waals surface area contributed by atoms with Gasteiger partial charge in [0.15, 0.2) is 0 Å². The summed E-state index contributed by atoms with van der Waals surface area (Å²) in [4.78, 5) is 27.5. The highest BCUT2D eigenvalue weighted by molar-refractivity contribution is 9.10. The minimum Gasteiger partial charge on any atom is -0.465 e. The van der Waals surface area contributed by atoms with Crippen molar-refractivity contribution < 1.29 is 14.3 Å². The zero-order chi connectivity index (χ0) is 14.5. The van der Waals surface area contributed by atoms with Crippen molar-refractivity contribution in [2.24, 2.45) is 0 Å². The van der Waals surface area contributed by atoms with Gasteiger partial charge in [-0.15, -0.1) is 0 Å². The van der Waals surface area contributed by atoms with Gasteiger partial charge in [-0.3, -0.25) is 4.79 Å². The molecular formula is C14H11BrN2O3. The van der Waals surface area contributed by atoms with Crippen molar-refractivity contribution in [3.63, 3.8) is 0 Å². The van der Waals surface area contributed by atoms with E-state index in [1.807, 2.05) is 0 Å². The summed E-state index contributed by atoms with van der Waals surface area (Å²) in [6.45, 7) is 0. The van der Waals surface area contributed by atoms with Crippen LogP contribution in [0.5, 0.6) is 0 Å². The fraction of sp³-hybridized carbons (Fsp3) is 0.0714. The predicted molar refractivity (Wildman–Crippen MR) is 77.7 cm³/mol. The molecule has 1 N–H and O–H groups in total. The van der Waals surface area contributed by atoms with Gasteiger partial charge in [0.25, 0.3) is 5.91 Å². The van der Waals surface area contributed by atoms with E-state index in [0.717, 1.165) is 4.47 Å². The Kier molecular flexibility index (Phi) is 4.47. The Bertz CT molecular complexity index is 641. The largest absolute Gasteiger partial charge is 0.465 e. The van der Waals surface area contributed by atoms with E-state index in [9.17, 15) is 9.59 Å². The maximum absolute atomic E-state index is 12.0. The van der Waals surface area contributed by atoms with Crippen LogP contribution in [0.4, 0.5) is 5.82 Å². The first-order chi connectivity index (χ1) is 9.60. The first-order valence-corrected chi connectivity index (χ1v) is 6.51. The Hall–Kier alpha value is -2.21. The Morgan fingerprint density at radius 2 is 1.95 bits per heavy atom. The number of anilines is 1. The number of nitrogens with zero attached hydrogens (tertiary/aromatic N) is 1. The lowest BCUT2D eigenvalue weighted by Crippen LogP contribution is -2.13. The summed E-state index contributed by atoms with van der Waals surface area (Å²) in [6, 6.07) is 9.73. The number of benzene rings is 1. The highest BCUT2D eigenvalue weighted by Crippen LogP contribution is 2.12. The fourth-order valence-corrected chi connectivity index (χ4v) is 1.78. The number of hydrogen-bond donors (Lipinski definition) is 1. The van der Waals surface area contributed by atoms with Gasteiger partial charge in [-0.25, -0.2) is 9.78 Å². The zero-order valence-corrected chi connectivity index (χ0v) is 12.2. The number of nitrogens with one attached hydrogen (secondary N) is 1. The van der Waals surface area contributed by atoms with Gasteiger partial charge in [-0.05, 0) is 46.3 Å². The number of carbonyl (C=O) groups excluding carboxylic acids is 2. The van der Waals surface area contributed by atoms with E-state index in [1.54, 1.807) is 36.5 Å². The van der Waals surface area contributed by atoms with Crippen molar-refractivity contribution in [2.75, 3.05) is 12.4 Å². The van der Waals surface area contributed by atoms with Gasteiger partial charge < -0.3 is 10.1 Å². The second-order valence-corrected chi connectivity index (χ2v) is 4.80. The lowest BCUT2D eigenvalue weighted by molar-refractivity contribution is 0.0600. The van der Waals surface area contributed by atoms with Crippen molar-refractivity contribution in [3.05, 3.63) is 58.2 Å². The van der Waals surface area contributed by atoms with Crippen LogP contribution in [0, 0.1) is 0 Å². The molecule has 1 aromatic heterocycles. The first-order valence-electron chi connectivity index (χ1n) is 5.71. The predicted octanol–water partition coefficient (Wildman–Crippen LogP) is 2.88. The summed E-state index contributed by atoms with van der Waals surface area (Å²) in [5, 5.41) is 2.65. The Morgan fingerprint density at radius 3 is 2.60 bits per heavy atom. The Morgan fingerprint density at radius 1 is 1.20 bits per heavy atom.